The molecule has 4 rings (SSSR count). The second kappa shape index (κ2) is 5.85. The molecule has 5 nitrogen and oxygen atoms in total. The minimum absolute atomic E-state index is 0.160. The molecule has 1 aromatic carbocycles. The molecule has 0 fully saturated rings. The molecule has 0 saturated heterocycles. The highest BCUT2D eigenvalue weighted by Gasteiger charge is 2.17. The average Bonchev–Trinajstić information content (AvgIpc) is 3.24. The maximum Gasteiger partial charge on any atom is 0.267 e. The summed E-state index contributed by atoms with van der Waals surface area (Å²) in [5.41, 5.74) is 2.86. The molecular formula is C17H13N3O2S2. The molecule has 0 aliphatic carbocycles. The van der Waals surface area contributed by atoms with Gasteiger partial charge in [-0.2, -0.15) is 0 Å². The van der Waals surface area contributed by atoms with E-state index in [2.05, 4.69) is 15.3 Å². The number of benzene rings is 1. The molecule has 7 heteroatoms. The number of carbonyl (C=O) groups is 1. The number of nitrogens with zero attached hydrogens (tertiary/aromatic N) is 2. The molecule has 1 N–H and O–H groups in total. The largest absolute Gasteiger partial charge is 0.441 e. The van der Waals surface area contributed by atoms with Gasteiger partial charge < -0.3 is 9.73 Å². The summed E-state index contributed by atoms with van der Waals surface area (Å²) >= 11 is 3.02. The Labute approximate surface area is 146 Å². The van der Waals surface area contributed by atoms with E-state index in [4.69, 9.17) is 4.42 Å². The number of hydrogen-bond donors (Lipinski definition) is 1. The summed E-state index contributed by atoms with van der Waals surface area (Å²) in [6, 6.07) is 9.40. The topological polar surface area (TPSA) is 68.0 Å². The van der Waals surface area contributed by atoms with Crippen LogP contribution < -0.4 is 5.32 Å². The Kier molecular flexibility index (Phi) is 3.66. The van der Waals surface area contributed by atoms with Gasteiger partial charge in [-0.15, -0.1) is 22.7 Å². The molecule has 120 valence electrons. The Balaban J connectivity index is 1.61. The minimum atomic E-state index is -0.160. The molecule has 4 aromatic rings. The van der Waals surface area contributed by atoms with Crippen LogP contribution in [0.5, 0.6) is 0 Å². The van der Waals surface area contributed by atoms with Gasteiger partial charge in [0.1, 0.15) is 15.4 Å². The van der Waals surface area contributed by atoms with Gasteiger partial charge in [-0.1, -0.05) is 6.07 Å². The van der Waals surface area contributed by atoms with Crippen molar-refractivity contribution in [1.82, 2.24) is 9.97 Å². The molecule has 0 aliphatic rings. The number of thiophene rings is 1. The lowest BCUT2D eigenvalue weighted by molar-refractivity contribution is 0.103. The van der Waals surface area contributed by atoms with E-state index >= 15 is 0 Å². The first-order valence-electron chi connectivity index (χ1n) is 7.30. The normalized spacial score (nSPS) is 11.1. The quantitative estimate of drug-likeness (QED) is 0.568. The first-order chi connectivity index (χ1) is 11.6. The molecule has 0 aliphatic heterocycles. The first-order valence-corrected chi connectivity index (χ1v) is 8.99. The number of carbonyl (C=O) groups excluding carboxylic acids is 1. The van der Waals surface area contributed by atoms with E-state index in [-0.39, 0.29) is 5.91 Å². The molecule has 0 unspecified atom stereocenters. The molecule has 1 amide bonds. The van der Waals surface area contributed by atoms with Crippen molar-refractivity contribution in [3.8, 4) is 9.88 Å². The standard InChI is InChI=1S/C17H13N3O2S2/c1-9-15(24-17(18-9)14-4-3-7-23-14)16(21)20-11-5-6-13-12(8-11)19-10(2)22-13/h3-8H,1-2H3,(H,20,21). The van der Waals surface area contributed by atoms with Gasteiger partial charge >= 0.3 is 0 Å². The van der Waals surface area contributed by atoms with Crippen LogP contribution in [0.25, 0.3) is 21.0 Å². The molecule has 0 bridgehead atoms. The Morgan fingerprint density at radius 1 is 1.21 bits per heavy atom. The van der Waals surface area contributed by atoms with Crippen LogP contribution in [-0.4, -0.2) is 15.9 Å². The third kappa shape index (κ3) is 2.72. The predicted octanol–water partition coefficient (Wildman–Crippen LogP) is 4.88. The highest BCUT2D eigenvalue weighted by Crippen LogP contribution is 2.31. The molecule has 0 radical (unpaired) electrons. The van der Waals surface area contributed by atoms with E-state index in [0.717, 1.165) is 21.1 Å². The summed E-state index contributed by atoms with van der Waals surface area (Å²) in [7, 11) is 0. The van der Waals surface area contributed by atoms with E-state index in [0.29, 0.717) is 22.0 Å². The summed E-state index contributed by atoms with van der Waals surface area (Å²) in [4.78, 5) is 23.1. The SMILES string of the molecule is Cc1nc2cc(NC(=O)c3sc(-c4cccs4)nc3C)ccc2o1. The van der Waals surface area contributed by atoms with Crippen molar-refractivity contribution in [3.05, 3.63) is 52.2 Å². The number of hydrogen-bond acceptors (Lipinski definition) is 6. The monoisotopic (exact) mass is 355 g/mol. The number of aromatic nitrogens is 2. The summed E-state index contributed by atoms with van der Waals surface area (Å²) in [5, 5.41) is 5.78. The molecule has 24 heavy (non-hydrogen) atoms. The number of fused-ring (bicyclic) bond motifs is 1. The fraction of sp³-hybridized carbons (Fsp3) is 0.118. The van der Waals surface area contributed by atoms with Gasteiger partial charge in [0.15, 0.2) is 11.5 Å². The second-order valence-electron chi connectivity index (χ2n) is 5.28. The Bertz CT molecular complexity index is 1030. The van der Waals surface area contributed by atoms with Gasteiger partial charge in [0, 0.05) is 12.6 Å². The zero-order chi connectivity index (χ0) is 16.7. The van der Waals surface area contributed by atoms with Crippen molar-refractivity contribution in [3.63, 3.8) is 0 Å². The van der Waals surface area contributed by atoms with Crippen molar-refractivity contribution < 1.29 is 9.21 Å². The maximum absolute atomic E-state index is 12.6. The van der Waals surface area contributed by atoms with Gasteiger partial charge in [0.05, 0.1) is 10.6 Å². The van der Waals surface area contributed by atoms with E-state index in [1.807, 2.05) is 30.5 Å². The Morgan fingerprint density at radius 3 is 2.88 bits per heavy atom. The van der Waals surface area contributed by atoms with Crippen molar-refractivity contribution in [2.24, 2.45) is 0 Å². The third-order valence-electron chi connectivity index (χ3n) is 3.49. The van der Waals surface area contributed by atoms with Gasteiger partial charge in [-0.25, -0.2) is 9.97 Å². The van der Waals surface area contributed by atoms with Crippen molar-refractivity contribution >= 4 is 45.4 Å². The van der Waals surface area contributed by atoms with E-state index < -0.39 is 0 Å². The lowest BCUT2D eigenvalue weighted by Gasteiger charge is -2.03. The number of rotatable bonds is 3. The van der Waals surface area contributed by atoms with Crippen LogP contribution in [0, 0.1) is 13.8 Å². The summed E-state index contributed by atoms with van der Waals surface area (Å²) in [5.74, 6) is 0.444. The number of oxazole rings is 1. The molecule has 0 saturated carbocycles. The number of aryl methyl sites for hydroxylation is 2. The highest BCUT2D eigenvalue weighted by molar-refractivity contribution is 7.22. The molecule has 3 aromatic heterocycles. The summed E-state index contributed by atoms with van der Waals surface area (Å²) in [6.07, 6.45) is 0. The number of thiazole rings is 1. The first kappa shape index (κ1) is 15.0. The van der Waals surface area contributed by atoms with Gasteiger partial charge in [0.25, 0.3) is 5.91 Å². The zero-order valence-electron chi connectivity index (χ0n) is 13.0. The van der Waals surface area contributed by atoms with E-state index in [1.165, 1.54) is 11.3 Å². The van der Waals surface area contributed by atoms with Gasteiger partial charge in [0.2, 0.25) is 0 Å². The van der Waals surface area contributed by atoms with Crippen LogP contribution in [0.3, 0.4) is 0 Å². The fourth-order valence-corrected chi connectivity index (χ4v) is 4.18. The summed E-state index contributed by atoms with van der Waals surface area (Å²) in [6.45, 7) is 3.65. The Morgan fingerprint density at radius 2 is 2.08 bits per heavy atom. The lowest BCUT2D eigenvalue weighted by Crippen LogP contribution is -2.11. The van der Waals surface area contributed by atoms with Gasteiger partial charge in [-0.3, -0.25) is 4.79 Å². The molecular weight excluding hydrogens is 342 g/mol. The molecule has 0 spiro atoms. The zero-order valence-corrected chi connectivity index (χ0v) is 14.6. The molecule has 3 heterocycles. The molecule has 0 atom stereocenters. The second-order valence-corrected chi connectivity index (χ2v) is 7.23. The average molecular weight is 355 g/mol. The highest BCUT2D eigenvalue weighted by atomic mass is 32.1. The fourth-order valence-electron chi connectivity index (χ4n) is 2.42. The van der Waals surface area contributed by atoms with E-state index in [1.54, 1.807) is 30.4 Å². The van der Waals surface area contributed by atoms with Crippen LogP contribution in [0.1, 0.15) is 21.3 Å². The third-order valence-corrected chi connectivity index (χ3v) is 5.68. The number of anilines is 1. The van der Waals surface area contributed by atoms with Crippen molar-refractivity contribution in [1.29, 1.82) is 0 Å². The van der Waals surface area contributed by atoms with Crippen LogP contribution in [0.2, 0.25) is 0 Å². The maximum atomic E-state index is 12.6. The lowest BCUT2D eigenvalue weighted by atomic mass is 10.2. The van der Waals surface area contributed by atoms with Crippen LogP contribution >= 0.6 is 22.7 Å². The Hall–Kier alpha value is -2.51. The van der Waals surface area contributed by atoms with Crippen LogP contribution in [0.15, 0.2) is 40.1 Å². The van der Waals surface area contributed by atoms with Crippen molar-refractivity contribution in [2.75, 3.05) is 5.32 Å². The smallest absolute Gasteiger partial charge is 0.267 e. The number of nitrogens with one attached hydrogen (secondary N) is 1. The van der Waals surface area contributed by atoms with E-state index in [9.17, 15) is 4.79 Å². The van der Waals surface area contributed by atoms with Gasteiger partial charge in [-0.05, 0) is 36.6 Å². The van der Waals surface area contributed by atoms with Crippen LogP contribution in [-0.2, 0) is 0 Å². The summed E-state index contributed by atoms with van der Waals surface area (Å²) < 4.78 is 5.45. The number of amides is 1. The van der Waals surface area contributed by atoms with Crippen LogP contribution in [0.4, 0.5) is 5.69 Å². The minimum Gasteiger partial charge on any atom is -0.441 e. The predicted molar refractivity (Wildman–Crippen MR) is 96.9 cm³/mol. The van der Waals surface area contributed by atoms with Crippen molar-refractivity contribution in [2.45, 2.75) is 13.8 Å².